The molecular formula is C10H17Cl2N. The van der Waals surface area contributed by atoms with Crippen molar-refractivity contribution in [3.05, 3.63) is 10.6 Å². The molecule has 1 aliphatic rings. The van der Waals surface area contributed by atoms with Crippen molar-refractivity contribution in [2.24, 2.45) is 11.8 Å². The van der Waals surface area contributed by atoms with E-state index < -0.39 is 0 Å². The van der Waals surface area contributed by atoms with Gasteiger partial charge in [0.25, 0.3) is 0 Å². The zero-order chi connectivity index (χ0) is 9.68. The highest BCUT2D eigenvalue weighted by atomic mass is 35.5. The lowest BCUT2D eigenvalue weighted by molar-refractivity contribution is 0.249. The third-order valence-corrected chi connectivity index (χ3v) is 3.17. The molecule has 0 aromatic rings. The highest BCUT2D eigenvalue weighted by Gasteiger charge is 2.22. The molecule has 1 saturated heterocycles. The normalized spacial score (nSPS) is 28.5. The summed E-state index contributed by atoms with van der Waals surface area (Å²) in [7, 11) is 0. The van der Waals surface area contributed by atoms with Gasteiger partial charge in [0.1, 0.15) is 4.49 Å². The van der Waals surface area contributed by atoms with Gasteiger partial charge in [0.05, 0.1) is 0 Å². The number of hydrogen-bond acceptors (Lipinski definition) is 1. The van der Waals surface area contributed by atoms with Crippen LogP contribution in [0.25, 0.3) is 0 Å². The van der Waals surface area contributed by atoms with Crippen LogP contribution in [0.1, 0.15) is 26.2 Å². The van der Waals surface area contributed by atoms with Crippen LogP contribution in [-0.4, -0.2) is 13.1 Å². The molecule has 0 radical (unpaired) electrons. The average molecular weight is 222 g/mol. The fraction of sp³-hybridized carbons (Fsp3) is 0.800. The minimum absolute atomic E-state index is 0.411. The Balaban J connectivity index is 2.40. The van der Waals surface area contributed by atoms with Crippen molar-refractivity contribution < 1.29 is 0 Å². The number of halogens is 2. The molecule has 1 aliphatic heterocycles. The summed E-state index contributed by atoms with van der Waals surface area (Å²) in [5.41, 5.74) is 0. The Bertz CT molecular complexity index is 176. The maximum Gasteiger partial charge on any atom is 0.102 e. The van der Waals surface area contributed by atoms with E-state index >= 15 is 0 Å². The molecule has 76 valence electrons. The molecule has 0 aromatic carbocycles. The van der Waals surface area contributed by atoms with E-state index in [1.54, 1.807) is 0 Å². The lowest BCUT2D eigenvalue weighted by Crippen LogP contribution is -2.36. The van der Waals surface area contributed by atoms with Gasteiger partial charge < -0.3 is 5.32 Å². The van der Waals surface area contributed by atoms with E-state index in [0.717, 1.165) is 31.3 Å². The summed E-state index contributed by atoms with van der Waals surface area (Å²) >= 11 is 11.2. The minimum Gasteiger partial charge on any atom is -0.316 e. The van der Waals surface area contributed by atoms with Crippen LogP contribution in [0.2, 0.25) is 0 Å². The van der Waals surface area contributed by atoms with Crippen LogP contribution in [0.3, 0.4) is 0 Å². The molecule has 1 nitrogen and oxygen atoms in total. The van der Waals surface area contributed by atoms with Crippen molar-refractivity contribution >= 4 is 23.2 Å². The quantitative estimate of drug-likeness (QED) is 0.772. The van der Waals surface area contributed by atoms with Gasteiger partial charge in [-0.1, -0.05) is 42.6 Å². The van der Waals surface area contributed by atoms with Crippen molar-refractivity contribution in [3.8, 4) is 0 Å². The van der Waals surface area contributed by atoms with E-state index in [-0.39, 0.29) is 0 Å². The van der Waals surface area contributed by atoms with Gasteiger partial charge in [-0.3, -0.25) is 0 Å². The standard InChI is InChI=1S/C10H17Cl2N/c1-2-8-7-13-6-5-9(8)3-4-10(11)12/h4,8-9,13H,2-3,5-7H2,1H3/t8-,9+/m0/s1. The molecule has 1 N–H and O–H groups in total. The lowest BCUT2D eigenvalue weighted by atomic mass is 9.82. The van der Waals surface area contributed by atoms with E-state index in [1.165, 1.54) is 12.8 Å². The van der Waals surface area contributed by atoms with Crippen LogP contribution in [0.5, 0.6) is 0 Å². The van der Waals surface area contributed by atoms with Crippen molar-refractivity contribution in [2.45, 2.75) is 26.2 Å². The maximum atomic E-state index is 5.60. The summed E-state index contributed by atoms with van der Waals surface area (Å²) in [6, 6.07) is 0. The number of piperidine rings is 1. The van der Waals surface area contributed by atoms with Crippen LogP contribution in [0.4, 0.5) is 0 Å². The number of rotatable bonds is 3. The zero-order valence-corrected chi connectivity index (χ0v) is 9.54. The molecule has 1 heterocycles. The monoisotopic (exact) mass is 221 g/mol. The molecular weight excluding hydrogens is 205 g/mol. The van der Waals surface area contributed by atoms with Gasteiger partial charge in [-0.25, -0.2) is 0 Å². The molecule has 1 fully saturated rings. The first-order valence-corrected chi connectivity index (χ1v) is 5.71. The van der Waals surface area contributed by atoms with Crippen LogP contribution < -0.4 is 5.32 Å². The van der Waals surface area contributed by atoms with E-state index in [2.05, 4.69) is 12.2 Å². The van der Waals surface area contributed by atoms with Crippen molar-refractivity contribution in [3.63, 3.8) is 0 Å². The first kappa shape index (κ1) is 11.4. The van der Waals surface area contributed by atoms with Crippen LogP contribution in [0, 0.1) is 11.8 Å². The van der Waals surface area contributed by atoms with Gasteiger partial charge in [-0.2, -0.15) is 0 Å². The lowest BCUT2D eigenvalue weighted by Gasteiger charge is -2.30. The summed E-state index contributed by atoms with van der Waals surface area (Å²) in [6.45, 7) is 4.53. The molecule has 1 rings (SSSR count). The highest BCUT2D eigenvalue weighted by molar-refractivity contribution is 6.55. The summed E-state index contributed by atoms with van der Waals surface area (Å²) in [5, 5.41) is 3.42. The Morgan fingerprint density at radius 3 is 2.85 bits per heavy atom. The second kappa shape index (κ2) is 5.90. The third-order valence-electron chi connectivity index (χ3n) is 2.86. The molecule has 0 saturated carbocycles. The van der Waals surface area contributed by atoms with Gasteiger partial charge in [-0.05, 0) is 37.8 Å². The summed E-state index contributed by atoms with van der Waals surface area (Å²) in [5.74, 6) is 1.55. The van der Waals surface area contributed by atoms with Crippen LogP contribution in [0.15, 0.2) is 10.6 Å². The molecule has 0 amide bonds. The van der Waals surface area contributed by atoms with Crippen LogP contribution in [-0.2, 0) is 0 Å². The Labute approximate surface area is 90.5 Å². The predicted octanol–water partition coefficient (Wildman–Crippen LogP) is 3.33. The summed E-state index contributed by atoms with van der Waals surface area (Å²) in [6.07, 6.45) is 5.45. The predicted molar refractivity (Wildman–Crippen MR) is 59.2 cm³/mol. The molecule has 0 spiro atoms. The topological polar surface area (TPSA) is 12.0 Å². The van der Waals surface area contributed by atoms with Gasteiger partial charge in [0.2, 0.25) is 0 Å². The first-order chi connectivity index (χ1) is 6.24. The second-order valence-electron chi connectivity index (χ2n) is 3.65. The molecule has 0 unspecified atom stereocenters. The maximum absolute atomic E-state index is 5.60. The van der Waals surface area contributed by atoms with Gasteiger partial charge in [-0.15, -0.1) is 0 Å². The second-order valence-corrected chi connectivity index (χ2v) is 4.66. The number of nitrogens with one attached hydrogen (secondary N) is 1. The fourth-order valence-corrected chi connectivity index (χ4v) is 2.18. The first-order valence-electron chi connectivity index (χ1n) is 4.96. The third kappa shape index (κ3) is 3.88. The molecule has 2 atom stereocenters. The van der Waals surface area contributed by atoms with Crippen molar-refractivity contribution in [1.29, 1.82) is 0 Å². The molecule has 0 bridgehead atoms. The van der Waals surface area contributed by atoms with Gasteiger partial charge >= 0.3 is 0 Å². The Morgan fingerprint density at radius 1 is 1.46 bits per heavy atom. The highest BCUT2D eigenvalue weighted by Crippen LogP contribution is 2.26. The molecule has 0 aromatic heterocycles. The SMILES string of the molecule is CC[C@H]1CNCC[C@H]1CC=C(Cl)Cl. The molecule has 13 heavy (non-hydrogen) atoms. The van der Waals surface area contributed by atoms with Gasteiger partial charge in [0, 0.05) is 0 Å². The summed E-state index contributed by atoms with van der Waals surface area (Å²) in [4.78, 5) is 0. The Hall–Kier alpha value is 0.280. The minimum atomic E-state index is 0.411. The molecule has 0 aliphatic carbocycles. The molecule has 3 heteroatoms. The fourth-order valence-electron chi connectivity index (χ4n) is 2.01. The Kier molecular flexibility index (Phi) is 5.15. The van der Waals surface area contributed by atoms with E-state index in [9.17, 15) is 0 Å². The van der Waals surface area contributed by atoms with Crippen LogP contribution >= 0.6 is 23.2 Å². The number of allylic oxidation sites excluding steroid dienone is 1. The summed E-state index contributed by atoms with van der Waals surface area (Å²) < 4.78 is 0.411. The number of hydrogen-bond donors (Lipinski definition) is 1. The van der Waals surface area contributed by atoms with E-state index in [0.29, 0.717) is 4.49 Å². The largest absolute Gasteiger partial charge is 0.316 e. The van der Waals surface area contributed by atoms with E-state index in [4.69, 9.17) is 23.2 Å². The van der Waals surface area contributed by atoms with Gasteiger partial charge in [0.15, 0.2) is 0 Å². The zero-order valence-electron chi connectivity index (χ0n) is 8.02. The average Bonchev–Trinajstić information content (AvgIpc) is 2.15. The van der Waals surface area contributed by atoms with Crippen molar-refractivity contribution in [1.82, 2.24) is 5.32 Å². The van der Waals surface area contributed by atoms with Crippen molar-refractivity contribution in [2.75, 3.05) is 13.1 Å². The van der Waals surface area contributed by atoms with E-state index in [1.807, 2.05) is 6.08 Å². The smallest absolute Gasteiger partial charge is 0.102 e. The Morgan fingerprint density at radius 2 is 2.23 bits per heavy atom.